The molecule has 0 aliphatic carbocycles. The fourth-order valence-corrected chi connectivity index (χ4v) is 2.68. The van der Waals surface area contributed by atoms with E-state index >= 15 is 0 Å². The van der Waals surface area contributed by atoms with Gasteiger partial charge in [0, 0.05) is 37.9 Å². The van der Waals surface area contributed by atoms with Crippen molar-refractivity contribution in [1.82, 2.24) is 15.6 Å². The van der Waals surface area contributed by atoms with Crippen LogP contribution >= 0.6 is 24.0 Å². The molecule has 0 radical (unpaired) electrons. The van der Waals surface area contributed by atoms with Crippen LogP contribution in [0.3, 0.4) is 0 Å². The predicted octanol–water partition coefficient (Wildman–Crippen LogP) is 3.91. The Morgan fingerprint density at radius 1 is 1.16 bits per heavy atom. The maximum absolute atomic E-state index is 4.34. The number of nitrogens with zero attached hydrogens (tertiary/aromatic N) is 2. The van der Waals surface area contributed by atoms with Crippen molar-refractivity contribution < 1.29 is 0 Å². The Morgan fingerprint density at radius 3 is 2.52 bits per heavy atom. The number of hydrogen-bond acceptors (Lipinski definition) is 2. The lowest BCUT2D eigenvalue weighted by Gasteiger charge is -2.24. The first-order valence-corrected chi connectivity index (χ1v) is 8.53. The van der Waals surface area contributed by atoms with Gasteiger partial charge in [-0.1, -0.05) is 37.3 Å². The Balaban J connectivity index is 0.00000312. The van der Waals surface area contributed by atoms with Gasteiger partial charge in [0.05, 0.1) is 0 Å². The number of aliphatic imine (C=N–C) groups is 1. The van der Waals surface area contributed by atoms with Crippen LogP contribution in [0.2, 0.25) is 0 Å². The number of hydrogen-bond donors (Lipinski definition) is 2. The van der Waals surface area contributed by atoms with Crippen LogP contribution in [-0.4, -0.2) is 30.6 Å². The summed E-state index contributed by atoms with van der Waals surface area (Å²) in [6.45, 7) is 7.37. The Kier molecular flexibility index (Phi) is 9.49. The van der Waals surface area contributed by atoms with Crippen LogP contribution in [-0.2, 0) is 6.42 Å². The van der Waals surface area contributed by atoms with Crippen LogP contribution < -0.4 is 10.6 Å². The molecule has 2 N–H and O–H groups in total. The van der Waals surface area contributed by atoms with Crippen molar-refractivity contribution in [3.8, 4) is 0 Å². The van der Waals surface area contributed by atoms with Gasteiger partial charge in [-0.15, -0.1) is 24.0 Å². The third-order valence-electron chi connectivity index (χ3n) is 4.49. The lowest BCUT2D eigenvalue weighted by molar-refractivity contribution is 0.550. The maximum atomic E-state index is 4.34. The molecule has 1 aromatic carbocycles. The molecule has 5 heteroatoms. The van der Waals surface area contributed by atoms with Gasteiger partial charge in [0.15, 0.2) is 5.96 Å². The van der Waals surface area contributed by atoms with Crippen molar-refractivity contribution in [2.24, 2.45) is 4.99 Å². The number of benzene rings is 1. The van der Waals surface area contributed by atoms with Gasteiger partial charge in [-0.2, -0.15) is 0 Å². The van der Waals surface area contributed by atoms with Gasteiger partial charge < -0.3 is 10.6 Å². The van der Waals surface area contributed by atoms with Crippen molar-refractivity contribution in [1.29, 1.82) is 0 Å². The Bertz CT molecular complexity index is 658. The lowest BCUT2D eigenvalue weighted by atomic mass is 9.94. The molecule has 136 valence electrons. The summed E-state index contributed by atoms with van der Waals surface area (Å²) in [4.78, 5) is 8.48. The zero-order valence-corrected chi connectivity index (χ0v) is 17.8. The molecule has 25 heavy (non-hydrogen) atoms. The van der Waals surface area contributed by atoms with E-state index in [4.69, 9.17) is 0 Å². The molecular formula is C20H29IN4. The summed E-state index contributed by atoms with van der Waals surface area (Å²) < 4.78 is 0. The highest BCUT2D eigenvalue weighted by Gasteiger charge is 2.15. The van der Waals surface area contributed by atoms with Crippen molar-refractivity contribution in [3.63, 3.8) is 0 Å². The van der Waals surface area contributed by atoms with Gasteiger partial charge in [0.2, 0.25) is 0 Å². The highest BCUT2D eigenvalue weighted by Crippen LogP contribution is 2.18. The van der Waals surface area contributed by atoms with E-state index in [2.05, 4.69) is 77.8 Å². The molecule has 0 saturated carbocycles. The highest BCUT2D eigenvalue weighted by atomic mass is 127. The number of aryl methyl sites for hydroxylation is 1. The molecule has 2 aromatic rings. The summed E-state index contributed by atoms with van der Waals surface area (Å²) in [6.07, 6.45) is 4.71. The van der Waals surface area contributed by atoms with E-state index < -0.39 is 0 Å². The number of nitrogens with one attached hydrogen (secondary N) is 2. The molecule has 0 aliphatic rings. The molecule has 0 saturated heterocycles. The molecule has 2 rings (SSSR count). The minimum Gasteiger partial charge on any atom is -0.356 e. The summed E-state index contributed by atoms with van der Waals surface area (Å²) in [5.74, 6) is 1.25. The number of pyridine rings is 1. The maximum Gasteiger partial charge on any atom is 0.191 e. The Labute approximate surface area is 168 Å². The van der Waals surface area contributed by atoms with Gasteiger partial charge in [-0.05, 0) is 43.0 Å². The van der Waals surface area contributed by atoms with Crippen LogP contribution in [0.25, 0.3) is 0 Å². The lowest BCUT2D eigenvalue weighted by Crippen LogP contribution is -2.44. The van der Waals surface area contributed by atoms with Crippen LogP contribution in [0.4, 0.5) is 0 Å². The van der Waals surface area contributed by atoms with Crippen LogP contribution in [0.5, 0.6) is 0 Å². The van der Waals surface area contributed by atoms with E-state index in [0.717, 1.165) is 18.9 Å². The normalized spacial score (nSPS) is 13.5. The minimum absolute atomic E-state index is 0. The largest absolute Gasteiger partial charge is 0.356 e. The molecule has 4 nitrogen and oxygen atoms in total. The molecule has 2 atom stereocenters. The van der Waals surface area contributed by atoms with Crippen LogP contribution in [0.15, 0.2) is 53.8 Å². The van der Waals surface area contributed by atoms with E-state index in [1.54, 1.807) is 0 Å². The minimum atomic E-state index is 0. The van der Waals surface area contributed by atoms with Crippen molar-refractivity contribution in [3.05, 3.63) is 65.5 Å². The van der Waals surface area contributed by atoms with Gasteiger partial charge in [-0.3, -0.25) is 9.98 Å². The number of guanidine groups is 1. The summed E-state index contributed by atoms with van der Waals surface area (Å²) in [7, 11) is 1.81. The average molecular weight is 452 g/mol. The standard InChI is InChI=1S/C20H28N4.HI/c1-15-14-22-12-10-18(15)11-13-23-20(21-4)24-17(3)16(2)19-8-6-5-7-9-19;/h5-10,12,14,16-17H,11,13H2,1-4H3,(H2,21,23,24);1H. The van der Waals surface area contributed by atoms with E-state index in [1.807, 2.05) is 19.4 Å². The molecule has 2 unspecified atom stereocenters. The van der Waals surface area contributed by atoms with Gasteiger partial charge in [0.25, 0.3) is 0 Å². The third kappa shape index (κ3) is 6.65. The second kappa shape index (κ2) is 11.1. The summed E-state index contributed by atoms with van der Waals surface area (Å²) in [5.41, 5.74) is 3.88. The SMILES string of the molecule is CN=C(NCCc1ccncc1C)NC(C)C(C)c1ccccc1.I. The average Bonchev–Trinajstić information content (AvgIpc) is 2.62. The molecule has 1 heterocycles. The van der Waals surface area contributed by atoms with Crippen LogP contribution in [0.1, 0.15) is 36.5 Å². The first-order valence-electron chi connectivity index (χ1n) is 8.53. The number of halogens is 1. The molecule has 0 bridgehead atoms. The van der Waals surface area contributed by atoms with Crippen LogP contribution in [0, 0.1) is 6.92 Å². The summed E-state index contributed by atoms with van der Waals surface area (Å²) in [5, 5.41) is 6.89. The van der Waals surface area contributed by atoms with Crippen molar-refractivity contribution in [2.75, 3.05) is 13.6 Å². The monoisotopic (exact) mass is 452 g/mol. The smallest absolute Gasteiger partial charge is 0.191 e. The second-order valence-corrected chi connectivity index (χ2v) is 6.18. The Hall–Kier alpha value is -1.63. The molecule has 0 amide bonds. The van der Waals surface area contributed by atoms with Gasteiger partial charge in [0.1, 0.15) is 0 Å². The van der Waals surface area contributed by atoms with E-state index in [9.17, 15) is 0 Å². The van der Waals surface area contributed by atoms with Crippen molar-refractivity contribution >= 4 is 29.9 Å². The fraction of sp³-hybridized carbons (Fsp3) is 0.400. The summed E-state index contributed by atoms with van der Waals surface area (Å²) in [6, 6.07) is 12.9. The molecular weight excluding hydrogens is 423 g/mol. The first kappa shape index (κ1) is 21.4. The quantitative estimate of drug-likeness (QED) is 0.397. The second-order valence-electron chi connectivity index (χ2n) is 6.18. The number of aromatic nitrogens is 1. The van der Waals surface area contributed by atoms with E-state index in [-0.39, 0.29) is 24.0 Å². The van der Waals surface area contributed by atoms with Gasteiger partial charge in [-0.25, -0.2) is 0 Å². The number of rotatable bonds is 6. The topological polar surface area (TPSA) is 49.3 Å². The first-order chi connectivity index (χ1) is 11.6. The highest BCUT2D eigenvalue weighted by molar-refractivity contribution is 14.0. The Morgan fingerprint density at radius 2 is 1.88 bits per heavy atom. The molecule has 0 aliphatic heterocycles. The van der Waals surface area contributed by atoms with Gasteiger partial charge >= 0.3 is 0 Å². The molecule has 0 spiro atoms. The fourth-order valence-electron chi connectivity index (χ4n) is 2.68. The zero-order valence-electron chi connectivity index (χ0n) is 15.5. The van der Waals surface area contributed by atoms with E-state index in [1.165, 1.54) is 16.7 Å². The predicted molar refractivity (Wildman–Crippen MR) is 117 cm³/mol. The van der Waals surface area contributed by atoms with Crippen molar-refractivity contribution in [2.45, 2.75) is 39.2 Å². The summed E-state index contributed by atoms with van der Waals surface area (Å²) >= 11 is 0. The molecule has 0 fully saturated rings. The third-order valence-corrected chi connectivity index (χ3v) is 4.49. The van der Waals surface area contributed by atoms with E-state index in [0.29, 0.717) is 12.0 Å². The molecule has 1 aromatic heterocycles. The zero-order chi connectivity index (χ0) is 17.4.